The van der Waals surface area contributed by atoms with Gasteiger partial charge in [0.25, 0.3) is 0 Å². The smallest absolute Gasteiger partial charge is 0.378 e. The van der Waals surface area contributed by atoms with Crippen LogP contribution in [0.25, 0.3) is 0 Å². The van der Waals surface area contributed by atoms with E-state index in [1.165, 1.54) is 34.9 Å². The van der Waals surface area contributed by atoms with Gasteiger partial charge in [-0.15, -0.1) is 0 Å². The number of benzene rings is 3. The molecule has 3 heterocycles. The minimum Gasteiger partial charge on any atom is -0.378 e. The number of nitrogens with zero attached hydrogens (tertiary/aromatic N) is 3. The van der Waals surface area contributed by atoms with Crippen LogP contribution >= 0.6 is 23.1 Å². The third-order valence-corrected chi connectivity index (χ3v) is 10.3. The molecule has 0 unspecified atom stereocenters. The summed E-state index contributed by atoms with van der Waals surface area (Å²) in [6, 6.07) is 16.4. The monoisotopic (exact) mass is 656 g/mol. The molecule has 2 aliphatic rings. The molecular weight excluding hydrogens is 632 g/mol. The predicted molar refractivity (Wildman–Crippen MR) is 163 cm³/mol. The summed E-state index contributed by atoms with van der Waals surface area (Å²) in [6.45, 7) is -0.418. The van der Waals surface area contributed by atoms with Crippen LogP contribution in [0.3, 0.4) is 0 Å². The molecule has 3 aromatic carbocycles. The Hall–Kier alpha value is -4.43. The number of fused-ring (bicyclic) bond motifs is 2. The number of amides is 3. The maximum absolute atomic E-state index is 14.0. The molecule has 1 saturated heterocycles. The molecule has 0 radical (unpaired) electrons. The van der Waals surface area contributed by atoms with Crippen molar-refractivity contribution in [1.82, 2.24) is 4.57 Å². The van der Waals surface area contributed by atoms with E-state index in [1.54, 1.807) is 12.1 Å². The highest BCUT2D eigenvalue weighted by atomic mass is 32.2. The molecule has 232 valence electrons. The molecule has 8 nitrogen and oxygen atoms in total. The van der Waals surface area contributed by atoms with Crippen LogP contribution in [0.4, 0.5) is 34.6 Å². The third-order valence-electron chi connectivity index (χ3n) is 7.68. The first-order chi connectivity index (χ1) is 21.3. The first-order valence-corrected chi connectivity index (χ1v) is 15.3. The van der Waals surface area contributed by atoms with Gasteiger partial charge in [0.2, 0.25) is 17.7 Å². The number of halogens is 4. The van der Waals surface area contributed by atoms with Crippen LogP contribution in [0.5, 0.6) is 0 Å². The van der Waals surface area contributed by atoms with Gasteiger partial charge in [0.1, 0.15) is 17.6 Å². The summed E-state index contributed by atoms with van der Waals surface area (Å²) in [4.78, 5) is 56.8. The van der Waals surface area contributed by atoms with Gasteiger partial charge in [0.15, 0.2) is 0 Å². The summed E-state index contributed by atoms with van der Waals surface area (Å²) in [5.74, 6) is -4.25. The summed E-state index contributed by atoms with van der Waals surface area (Å²) in [7, 11) is 3.71. The number of carbonyl (C=O) groups excluding carboxylic acids is 3. The van der Waals surface area contributed by atoms with Gasteiger partial charge < -0.3 is 10.2 Å². The van der Waals surface area contributed by atoms with Gasteiger partial charge >= 0.3 is 11.0 Å². The van der Waals surface area contributed by atoms with Gasteiger partial charge in [0, 0.05) is 36.3 Å². The summed E-state index contributed by atoms with van der Waals surface area (Å²) < 4.78 is 55.1. The molecule has 0 spiro atoms. The predicted octanol–water partition coefficient (Wildman–Crippen LogP) is 5.57. The molecule has 45 heavy (non-hydrogen) atoms. The van der Waals surface area contributed by atoms with Crippen LogP contribution in [-0.2, 0) is 27.1 Å². The van der Waals surface area contributed by atoms with Crippen molar-refractivity contribution < 1.29 is 31.9 Å². The molecule has 0 bridgehead atoms. The van der Waals surface area contributed by atoms with Crippen LogP contribution in [-0.4, -0.2) is 41.6 Å². The van der Waals surface area contributed by atoms with Crippen molar-refractivity contribution in [1.29, 1.82) is 0 Å². The van der Waals surface area contributed by atoms with E-state index in [9.17, 15) is 36.7 Å². The van der Waals surface area contributed by atoms with E-state index < -0.39 is 63.8 Å². The van der Waals surface area contributed by atoms with Crippen LogP contribution in [0.2, 0.25) is 0 Å². The normalized spacial score (nSPS) is 19.3. The molecule has 0 aliphatic carbocycles. The lowest BCUT2D eigenvalue weighted by atomic mass is 9.83. The number of hydrogen-bond acceptors (Lipinski definition) is 7. The van der Waals surface area contributed by atoms with E-state index in [2.05, 4.69) is 5.32 Å². The number of thioether (sulfide) groups is 1. The standard InChI is InChI=1S/C31H24F4N4O4S2/c1-37(2)20-12-6-16(7-13-20)23-24-25(28(42)39(27(24)41)21-5-3-4-17(14-21)31(33,34)35)44-29-26(23)45-30(43)38(29)15-22(40)36-19-10-8-18(32)9-11-19/h3-14,23-25H,15H2,1-2H3,(H,36,40)/t23-,24-,25+/m0/s1. The first-order valence-electron chi connectivity index (χ1n) is 13.6. The van der Waals surface area contributed by atoms with Crippen molar-refractivity contribution in [3.63, 3.8) is 0 Å². The number of alkyl halides is 3. The molecule has 1 fully saturated rings. The highest BCUT2D eigenvalue weighted by Crippen LogP contribution is 2.54. The Labute approximate surface area is 262 Å². The van der Waals surface area contributed by atoms with Gasteiger partial charge in [-0.05, 0) is 60.2 Å². The van der Waals surface area contributed by atoms with Crippen LogP contribution in [0.1, 0.15) is 21.9 Å². The molecular formula is C31H24F4N4O4S2. The zero-order valence-electron chi connectivity index (χ0n) is 23.7. The maximum atomic E-state index is 14.0. The Morgan fingerprint density at radius 1 is 0.956 bits per heavy atom. The minimum atomic E-state index is -4.69. The Morgan fingerprint density at radius 2 is 1.64 bits per heavy atom. The molecule has 3 atom stereocenters. The number of imide groups is 1. The van der Waals surface area contributed by atoms with E-state index in [0.717, 1.165) is 51.9 Å². The number of thiazole rings is 1. The van der Waals surface area contributed by atoms with Gasteiger partial charge in [-0.3, -0.25) is 23.7 Å². The Kier molecular flexibility index (Phi) is 7.81. The van der Waals surface area contributed by atoms with Gasteiger partial charge in [-0.2, -0.15) is 13.2 Å². The lowest BCUT2D eigenvalue weighted by molar-refractivity contribution is -0.137. The SMILES string of the molecule is CN(C)c1ccc([C@@H]2c3sc(=O)n(CC(=O)Nc4ccc(F)cc4)c3S[C@H]3C(=O)N(c4cccc(C(F)(F)F)c4)C(=O)[C@@H]23)cc1. The van der Waals surface area contributed by atoms with Crippen molar-refractivity contribution in [3.05, 3.63) is 104 Å². The number of hydrogen-bond donors (Lipinski definition) is 1. The second-order valence-electron chi connectivity index (χ2n) is 10.8. The zero-order chi connectivity index (χ0) is 32.2. The number of carbonyl (C=O) groups is 3. The molecule has 2 aliphatic heterocycles. The highest BCUT2D eigenvalue weighted by molar-refractivity contribution is 8.00. The van der Waals surface area contributed by atoms with Crippen LogP contribution in [0, 0.1) is 11.7 Å². The van der Waals surface area contributed by atoms with Crippen molar-refractivity contribution >= 4 is 57.9 Å². The van der Waals surface area contributed by atoms with E-state index >= 15 is 0 Å². The van der Waals surface area contributed by atoms with Crippen molar-refractivity contribution in [2.24, 2.45) is 5.92 Å². The fraction of sp³-hybridized carbons (Fsp3) is 0.226. The van der Waals surface area contributed by atoms with E-state index in [-0.39, 0.29) is 5.69 Å². The molecule has 3 amide bonds. The topological polar surface area (TPSA) is 91.7 Å². The Balaban J connectivity index is 1.41. The molecule has 0 saturated carbocycles. The summed E-state index contributed by atoms with van der Waals surface area (Å²) in [5, 5.41) is 1.87. The molecule has 1 N–H and O–H groups in total. The van der Waals surface area contributed by atoms with Gasteiger partial charge in [-0.1, -0.05) is 41.3 Å². The van der Waals surface area contributed by atoms with Crippen molar-refractivity contribution in [2.75, 3.05) is 29.2 Å². The number of aromatic nitrogens is 1. The second kappa shape index (κ2) is 11.5. The maximum Gasteiger partial charge on any atom is 0.416 e. The Morgan fingerprint density at radius 3 is 2.29 bits per heavy atom. The number of anilines is 3. The number of nitrogens with one attached hydrogen (secondary N) is 1. The summed E-state index contributed by atoms with van der Waals surface area (Å²) in [6.07, 6.45) is -4.69. The van der Waals surface area contributed by atoms with E-state index in [4.69, 9.17) is 0 Å². The largest absolute Gasteiger partial charge is 0.416 e. The van der Waals surface area contributed by atoms with Crippen molar-refractivity contribution in [2.45, 2.75) is 28.9 Å². The molecule has 6 rings (SSSR count). The highest BCUT2D eigenvalue weighted by Gasteiger charge is 2.57. The first kappa shape index (κ1) is 30.6. The zero-order valence-corrected chi connectivity index (χ0v) is 25.3. The van der Waals surface area contributed by atoms with Crippen LogP contribution < -0.4 is 20.0 Å². The Bertz CT molecular complexity index is 1870. The van der Waals surface area contributed by atoms with Gasteiger partial charge in [-0.25, -0.2) is 9.29 Å². The molecule has 4 aromatic rings. The fourth-order valence-electron chi connectivity index (χ4n) is 5.55. The van der Waals surface area contributed by atoms with Crippen LogP contribution in [0.15, 0.2) is 82.6 Å². The van der Waals surface area contributed by atoms with Gasteiger partial charge in [0.05, 0.1) is 22.2 Å². The summed E-state index contributed by atoms with van der Waals surface area (Å²) in [5.41, 5.74) is 0.616. The minimum absolute atomic E-state index is 0.198. The molecule has 1 aromatic heterocycles. The lowest BCUT2D eigenvalue weighted by Gasteiger charge is -2.31. The molecule has 14 heteroatoms. The quantitative estimate of drug-likeness (QED) is 0.216. The number of rotatable bonds is 6. The fourth-order valence-corrected chi connectivity index (χ4v) is 8.32. The summed E-state index contributed by atoms with van der Waals surface area (Å²) >= 11 is 1.80. The average Bonchev–Trinajstić information content (AvgIpc) is 3.44. The second-order valence-corrected chi connectivity index (χ2v) is 12.9. The van der Waals surface area contributed by atoms with Crippen molar-refractivity contribution in [3.8, 4) is 0 Å². The van der Waals surface area contributed by atoms with E-state index in [0.29, 0.717) is 21.2 Å². The lowest BCUT2D eigenvalue weighted by Crippen LogP contribution is -2.33. The average molecular weight is 657 g/mol. The van der Waals surface area contributed by atoms with E-state index in [1.807, 2.05) is 31.1 Å². The third kappa shape index (κ3) is 5.63.